The molecule has 2 heterocycles. The number of hydrogen-bond acceptors (Lipinski definition) is 7. The van der Waals surface area contributed by atoms with Gasteiger partial charge in [0, 0.05) is 23.4 Å². The third kappa shape index (κ3) is 3.16. The van der Waals surface area contributed by atoms with Crippen molar-refractivity contribution in [1.29, 1.82) is 0 Å². The first-order chi connectivity index (χ1) is 12.6. The molecule has 1 aromatic carbocycles. The first kappa shape index (κ1) is 17.3. The number of anilines is 1. The summed E-state index contributed by atoms with van der Waals surface area (Å²) in [6, 6.07) is 8.22. The number of nitrogens with two attached hydrogens (primary N) is 1. The number of pyridine rings is 1. The molecule has 2 aromatic heterocycles. The third-order valence-electron chi connectivity index (χ3n) is 3.80. The van der Waals surface area contributed by atoms with E-state index in [-0.39, 0.29) is 11.7 Å². The summed E-state index contributed by atoms with van der Waals surface area (Å²) in [6.45, 7) is 0. The van der Waals surface area contributed by atoms with Crippen LogP contribution in [0.25, 0.3) is 11.3 Å². The van der Waals surface area contributed by atoms with Crippen molar-refractivity contribution >= 4 is 11.7 Å². The predicted molar refractivity (Wildman–Crippen MR) is 95.7 cm³/mol. The van der Waals surface area contributed by atoms with Gasteiger partial charge in [0.15, 0.2) is 11.5 Å². The second-order valence-corrected chi connectivity index (χ2v) is 5.35. The third-order valence-corrected chi connectivity index (χ3v) is 3.80. The van der Waals surface area contributed by atoms with Crippen molar-refractivity contribution in [3.63, 3.8) is 0 Å². The quantitative estimate of drug-likeness (QED) is 0.749. The summed E-state index contributed by atoms with van der Waals surface area (Å²) >= 11 is 0. The number of carbonyl (C=O) groups is 1. The monoisotopic (exact) mass is 354 g/mol. The maximum atomic E-state index is 12.8. The Morgan fingerprint density at radius 2 is 1.77 bits per heavy atom. The van der Waals surface area contributed by atoms with Crippen LogP contribution >= 0.6 is 0 Å². The smallest absolute Gasteiger partial charge is 0.280 e. The molecule has 0 saturated carbocycles. The summed E-state index contributed by atoms with van der Waals surface area (Å²) in [5.74, 6) is 1.39. The minimum atomic E-state index is -0.384. The maximum absolute atomic E-state index is 12.8. The van der Waals surface area contributed by atoms with Crippen LogP contribution in [0.4, 0.5) is 5.82 Å². The molecule has 0 unspecified atom stereocenters. The lowest BCUT2D eigenvalue weighted by atomic mass is 10.2. The van der Waals surface area contributed by atoms with Crippen LogP contribution in [0.5, 0.6) is 17.2 Å². The number of methoxy groups -OCH3 is 3. The van der Waals surface area contributed by atoms with E-state index in [1.54, 1.807) is 49.8 Å². The Kier molecular flexibility index (Phi) is 4.74. The molecule has 0 saturated heterocycles. The van der Waals surface area contributed by atoms with E-state index < -0.39 is 0 Å². The Balaban J connectivity index is 1.97. The lowest BCUT2D eigenvalue weighted by molar-refractivity contribution is 0.0948. The molecular formula is C18H18N4O4. The van der Waals surface area contributed by atoms with Gasteiger partial charge in [-0.05, 0) is 24.3 Å². The fraction of sp³-hybridized carbons (Fsp3) is 0.167. The van der Waals surface area contributed by atoms with Gasteiger partial charge in [-0.1, -0.05) is 0 Å². The van der Waals surface area contributed by atoms with Crippen LogP contribution in [0.3, 0.4) is 0 Å². The van der Waals surface area contributed by atoms with Gasteiger partial charge in [0.2, 0.25) is 0 Å². The van der Waals surface area contributed by atoms with Crippen molar-refractivity contribution < 1.29 is 19.0 Å². The zero-order chi connectivity index (χ0) is 18.7. The second-order valence-electron chi connectivity index (χ2n) is 5.35. The first-order valence-electron chi connectivity index (χ1n) is 7.69. The number of rotatable bonds is 5. The van der Waals surface area contributed by atoms with Crippen molar-refractivity contribution in [3.05, 3.63) is 48.3 Å². The lowest BCUT2D eigenvalue weighted by Crippen LogP contribution is -2.16. The molecule has 26 heavy (non-hydrogen) atoms. The molecule has 134 valence electrons. The minimum absolute atomic E-state index is 0.211. The number of nitrogen functional groups attached to an aromatic ring is 1. The lowest BCUT2D eigenvalue weighted by Gasteiger charge is -2.09. The van der Waals surface area contributed by atoms with Gasteiger partial charge in [0.05, 0.1) is 33.2 Å². The predicted octanol–water partition coefficient (Wildman–Crippen LogP) is 2.24. The Morgan fingerprint density at radius 1 is 1.00 bits per heavy atom. The topological polar surface area (TPSA) is 101 Å². The standard InChI is InChI=1S/C18H18N4O4/c1-24-13-6-12(9-20-10-13)14-8-17(19)22(21-14)18(23)11-4-5-15(25-2)16(7-11)26-3/h4-10H,19H2,1-3H3. The SMILES string of the molecule is COc1cncc(-c2cc(N)n(C(=O)c3ccc(OC)c(OC)c3)n2)c1. The van der Waals surface area contributed by atoms with Crippen molar-refractivity contribution in [3.8, 4) is 28.5 Å². The number of nitrogens with zero attached hydrogens (tertiary/aromatic N) is 3. The van der Waals surface area contributed by atoms with Crippen molar-refractivity contribution in [2.24, 2.45) is 0 Å². The summed E-state index contributed by atoms with van der Waals surface area (Å²) in [5.41, 5.74) is 7.56. The molecule has 0 fully saturated rings. The number of ether oxygens (including phenoxy) is 3. The number of aromatic nitrogens is 3. The molecule has 0 spiro atoms. The van der Waals surface area contributed by atoms with E-state index in [1.165, 1.54) is 14.2 Å². The van der Waals surface area contributed by atoms with Gasteiger partial charge >= 0.3 is 0 Å². The summed E-state index contributed by atoms with van der Waals surface area (Å²) in [6.07, 6.45) is 3.20. The van der Waals surface area contributed by atoms with E-state index in [2.05, 4.69) is 10.1 Å². The van der Waals surface area contributed by atoms with Crippen LogP contribution in [-0.4, -0.2) is 42.0 Å². The van der Waals surface area contributed by atoms with E-state index in [0.29, 0.717) is 34.1 Å². The Labute approximate surface area is 150 Å². The van der Waals surface area contributed by atoms with Crippen molar-refractivity contribution in [2.75, 3.05) is 27.1 Å². The zero-order valence-corrected chi connectivity index (χ0v) is 14.6. The van der Waals surface area contributed by atoms with Crippen LogP contribution in [0.15, 0.2) is 42.7 Å². The van der Waals surface area contributed by atoms with Crippen molar-refractivity contribution in [2.45, 2.75) is 0 Å². The number of hydrogen-bond donors (Lipinski definition) is 1. The molecule has 8 nitrogen and oxygen atoms in total. The highest BCUT2D eigenvalue weighted by molar-refractivity contribution is 5.98. The average molecular weight is 354 g/mol. The maximum Gasteiger partial charge on any atom is 0.280 e. The van der Waals surface area contributed by atoms with Gasteiger partial charge in [-0.25, -0.2) is 0 Å². The highest BCUT2D eigenvalue weighted by Gasteiger charge is 2.17. The summed E-state index contributed by atoms with van der Waals surface area (Å²) in [5, 5.41) is 4.30. The van der Waals surface area contributed by atoms with Crippen LogP contribution in [0, 0.1) is 0 Å². The molecule has 0 atom stereocenters. The van der Waals surface area contributed by atoms with Gasteiger partial charge in [-0.15, -0.1) is 0 Å². The van der Waals surface area contributed by atoms with Crippen LogP contribution in [-0.2, 0) is 0 Å². The number of carbonyl (C=O) groups excluding carboxylic acids is 1. The molecule has 3 rings (SSSR count). The minimum Gasteiger partial charge on any atom is -0.495 e. The molecule has 0 bridgehead atoms. The summed E-state index contributed by atoms with van der Waals surface area (Å²) in [4.78, 5) is 16.9. The molecular weight excluding hydrogens is 336 g/mol. The highest BCUT2D eigenvalue weighted by atomic mass is 16.5. The Bertz CT molecular complexity index is 952. The van der Waals surface area contributed by atoms with E-state index in [1.807, 2.05) is 0 Å². The normalized spacial score (nSPS) is 10.4. The largest absolute Gasteiger partial charge is 0.495 e. The molecule has 2 N–H and O–H groups in total. The van der Waals surface area contributed by atoms with Gasteiger partial charge in [-0.2, -0.15) is 9.78 Å². The van der Waals surface area contributed by atoms with Crippen molar-refractivity contribution in [1.82, 2.24) is 14.8 Å². The molecule has 0 aliphatic rings. The fourth-order valence-electron chi connectivity index (χ4n) is 2.46. The van der Waals surface area contributed by atoms with Crippen LogP contribution in [0.2, 0.25) is 0 Å². The molecule has 0 aliphatic carbocycles. The summed E-state index contributed by atoms with van der Waals surface area (Å²) < 4.78 is 16.7. The molecule has 0 amide bonds. The van der Waals surface area contributed by atoms with Gasteiger partial charge in [0.1, 0.15) is 11.6 Å². The molecule has 3 aromatic rings. The van der Waals surface area contributed by atoms with Crippen LogP contribution in [0.1, 0.15) is 10.4 Å². The average Bonchev–Trinajstić information content (AvgIpc) is 3.08. The van der Waals surface area contributed by atoms with Crippen LogP contribution < -0.4 is 19.9 Å². The van der Waals surface area contributed by atoms with Gasteiger partial charge in [0.25, 0.3) is 5.91 Å². The van der Waals surface area contributed by atoms with E-state index >= 15 is 0 Å². The second kappa shape index (κ2) is 7.14. The molecule has 0 radical (unpaired) electrons. The number of benzene rings is 1. The molecule has 8 heteroatoms. The van der Waals surface area contributed by atoms with E-state index in [0.717, 1.165) is 4.68 Å². The summed E-state index contributed by atoms with van der Waals surface area (Å²) in [7, 11) is 4.58. The molecule has 0 aliphatic heterocycles. The van der Waals surface area contributed by atoms with E-state index in [9.17, 15) is 4.79 Å². The first-order valence-corrected chi connectivity index (χ1v) is 7.69. The van der Waals surface area contributed by atoms with Gasteiger partial charge in [-0.3, -0.25) is 9.78 Å². The Hall–Kier alpha value is -3.55. The van der Waals surface area contributed by atoms with Gasteiger partial charge < -0.3 is 19.9 Å². The van der Waals surface area contributed by atoms with E-state index in [4.69, 9.17) is 19.9 Å². The fourth-order valence-corrected chi connectivity index (χ4v) is 2.46. The zero-order valence-electron chi connectivity index (χ0n) is 14.6. The Morgan fingerprint density at radius 3 is 2.46 bits per heavy atom. The highest BCUT2D eigenvalue weighted by Crippen LogP contribution is 2.29.